The largest absolute Gasteiger partial charge is 0.423 e. The van der Waals surface area contributed by atoms with Gasteiger partial charge >= 0.3 is 6.01 Å². The molecular formula is C11H8FN3OS. The molecule has 17 heavy (non-hydrogen) atoms. The van der Waals surface area contributed by atoms with E-state index in [9.17, 15) is 4.39 Å². The number of aryl methyl sites for hydroxylation is 1. The lowest BCUT2D eigenvalue weighted by Gasteiger charge is -1.93. The highest BCUT2D eigenvalue weighted by Crippen LogP contribution is 2.24. The zero-order valence-corrected chi connectivity index (χ0v) is 9.71. The molecule has 1 aromatic carbocycles. The van der Waals surface area contributed by atoms with E-state index in [0.717, 1.165) is 5.69 Å². The van der Waals surface area contributed by atoms with Crippen molar-refractivity contribution in [3.8, 4) is 0 Å². The number of halogens is 1. The second kappa shape index (κ2) is 3.81. The van der Waals surface area contributed by atoms with Gasteiger partial charge in [0.1, 0.15) is 11.3 Å². The van der Waals surface area contributed by atoms with Gasteiger partial charge in [0, 0.05) is 11.4 Å². The summed E-state index contributed by atoms with van der Waals surface area (Å²) >= 11 is 1.46. The van der Waals surface area contributed by atoms with E-state index in [1.807, 2.05) is 12.3 Å². The van der Waals surface area contributed by atoms with Crippen molar-refractivity contribution in [1.82, 2.24) is 9.97 Å². The topological polar surface area (TPSA) is 51.0 Å². The molecule has 2 aromatic heterocycles. The maximum absolute atomic E-state index is 13.0. The molecule has 3 rings (SSSR count). The monoisotopic (exact) mass is 249 g/mol. The number of anilines is 2. The van der Waals surface area contributed by atoms with Gasteiger partial charge in [-0.1, -0.05) is 0 Å². The van der Waals surface area contributed by atoms with Crippen LogP contribution in [0.4, 0.5) is 15.5 Å². The van der Waals surface area contributed by atoms with Gasteiger partial charge in [-0.3, -0.25) is 5.32 Å². The summed E-state index contributed by atoms with van der Waals surface area (Å²) in [6, 6.07) is 4.54. The fourth-order valence-electron chi connectivity index (χ4n) is 1.46. The van der Waals surface area contributed by atoms with E-state index in [1.165, 1.54) is 23.5 Å². The Morgan fingerprint density at radius 1 is 1.35 bits per heavy atom. The van der Waals surface area contributed by atoms with Crippen LogP contribution in [0.5, 0.6) is 0 Å². The van der Waals surface area contributed by atoms with E-state index in [1.54, 1.807) is 6.07 Å². The van der Waals surface area contributed by atoms with E-state index >= 15 is 0 Å². The van der Waals surface area contributed by atoms with Crippen molar-refractivity contribution in [1.29, 1.82) is 0 Å². The molecule has 1 N–H and O–H groups in total. The van der Waals surface area contributed by atoms with E-state index in [2.05, 4.69) is 15.3 Å². The number of oxazole rings is 1. The van der Waals surface area contributed by atoms with E-state index < -0.39 is 0 Å². The number of nitrogens with zero attached hydrogens (tertiary/aromatic N) is 2. The smallest absolute Gasteiger partial charge is 0.302 e. The van der Waals surface area contributed by atoms with Crippen molar-refractivity contribution in [2.45, 2.75) is 6.92 Å². The highest BCUT2D eigenvalue weighted by atomic mass is 32.1. The Balaban J connectivity index is 1.95. The molecule has 0 amide bonds. The van der Waals surface area contributed by atoms with Gasteiger partial charge in [-0.2, -0.15) is 4.98 Å². The number of hydrogen-bond donors (Lipinski definition) is 1. The van der Waals surface area contributed by atoms with Gasteiger partial charge in [-0.15, -0.1) is 11.3 Å². The lowest BCUT2D eigenvalue weighted by Crippen LogP contribution is -1.88. The maximum Gasteiger partial charge on any atom is 0.302 e. The van der Waals surface area contributed by atoms with Gasteiger partial charge in [-0.05, 0) is 19.1 Å². The Labute approximate surface area is 100 Å². The first kappa shape index (κ1) is 10.2. The fourth-order valence-corrected chi connectivity index (χ4v) is 2.13. The lowest BCUT2D eigenvalue weighted by atomic mass is 10.3. The molecule has 86 valence electrons. The molecule has 0 radical (unpaired) electrons. The van der Waals surface area contributed by atoms with Crippen LogP contribution in [0, 0.1) is 12.7 Å². The summed E-state index contributed by atoms with van der Waals surface area (Å²) in [5.41, 5.74) is 1.96. The molecule has 0 saturated heterocycles. The van der Waals surface area contributed by atoms with Gasteiger partial charge in [0.2, 0.25) is 0 Å². The van der Waals surface area contributed by atoms with E-state index in [-0.39, 0.29) is 5.82 Å². The van der Waals surface area contributed by atoms with Crippen LogP contribution in [-0.2, 0) is 0 Å². The summed E-state index contributed by atoms with van der Waals surface area (Å²) < 4.78 is 18.4. The Morgan fingerprint density at radius 3 is 3.00 bits per heavy atom. The number of nitrogens with one attached hydrogen (secondary N) is 1. The number of fused-ring (bicyclic) bond motifs is 1. The Hall–Kier alpha value is -1.95. The average molecular weight is 249 g/mol. The summed E-state index contributed by atoms with van der Waals surface area (Å²) in [6.45, 7) is 1.91. The van der Waals surface area contributed by atoms with Crippen LogP contribution >= 0.6 is 11.3 Å². The minimum atomic E-state index is -0.331. The predicted molar refractivity (Wildman–Crippen MR) is 64.1 cm³/mol. The van der Waals surface area contributed by atoms with Crippen LogP contribution in [0.1, 0.15) is 5.69 Å². The first-order chi connectivity index (χ1) is 8.20. The zero-order chi connectivity index (χ0) is 11.8. The molecular weight excluding hydrogens is 241 g/mol. The number of thiazole rings is 1. The highest BCUT2D eigenvalue weighted by Gasteiger charge is 2.08. The molecule has 3 aromatic rings. The molecule has 0 fully saturated rings. The first-order valence-corrected chi connectivity index (χ1v) is 5.84. The van der Waals surface area contributed by atoms with Crippen molar-refractivity contribution in [2.24, 2.45) is 0 Å². The summed E-state index contributed by atoms with van der Waals surface area (Å²) in [6.07, 6.45) is 0. The third kappa shape index (κ3) is 1.99. The molecule has 0 aliphatic rings. The summed E-state index contributed by atoms with van der Waals surface area (Å²) in [4.78, 5) is 8.35. The maximum atomic E-state index is 13.0. The zero-order valence-electron chi connectivity index (χ0n) is 8.90. The summed E-state index contributed by atoms with van der Waals surface area (Å²) in [7, 11) is 0. The van der Waals surface area contributed by atoms with Gasteiger partial charge < -0.3 is 4.42 Å². The average Bonchev–Trinajstić information content (AvgIpc) is 2.84. The predicted octanol–water partition coefficient (Wildman–Crippen LogP) is 3.48. The number of hydrogen-bond acceptors (Lipinski definition) is 5. The standard InChI is InChI=1S/C11H8FN3OS/c1-6-5-17-11(13-6)15-10-14-8-4-7(12)2-3-9(8)16-10/h2-5H,1H3,(H,13,14,15). The third-order valence-corrected chi connectivity index (χ3v) is 3.06. The second-order valence-electron chi connectivity index (χ2n) is 3.55. The molecule has 0 saturated carbocycles. The third-order valence-electron chi connectivity index (χ3n) is 2.18. The highest BCUT2D eigenvalue weighted by molar-refractivity contribution is 7.13. The first-order valence-electron chi connectivity index (χ1n) is 4.96. The number of benzene rings is 1. The summed E-state index contributed by atoms with van der Waals surface area (Å²) in [5, 5.41) is 5.57. The Kier molecular flexibility index (Phi) is 2.29. The van der Waals surface area contributed by atoms with Gasteiger partial charge in [0.15, 0.2) is 10.7 Å². The molecule has 0 bridgehead atoms. The number of rotatable bonds is 2. The molecule has 0 unspecified atom stereocenters. The molecule has 4 nitrogen and oxygen atoms in total. The Morgan fingerprint density at radius 2 is 2.24 bits per heavy atom. The van der Waals surface area contributed by atoms with E-state index in [0.29, 0.717) is 22.2 Å². The minimum Gasteiger partial charge on any atom is -0.423 e. The molecule has 0 atom stereocenters. The van der Waals surface area contributed by atoms with Crippen molar-refractivity contribution < 1.29 is 8.81 Å². The lowest BCUT2D eigenvalue weighted by molar-refractivity contribution is 0.616. The number of aromatic nitrogens is 2. The quantitative estimate of drug-likeness (QED) is 0.755. The van der Waals surface area contributed by atoms with Gasteiger partial charge in [0.25, 0.3) is 0 Å². The van der Waals surface area contributed by atoms with Crippen LogP contribution in [0.2, 0.25) is 0 Å². The normalized spacial score (nSPS) is 10.9. The molecule has 2 heterocycles. The molecule has 0 spiro atoms. The second-order valence-corrected chi connectivity index (χ2v) is 4.41. The van der Waals surface area contributed by atoms with Crippen LogP contribution in [0.15, 0.2) is 28.0 Å². The van der Waals surface area contributed by atoms with Crippen LogP contribution in [0.25, 0.3) is 11.1 Å². The SMILES string of the molecule is Cc1csc(Nc2nc3cc(F)ccc3o2)n1. The fraction of sp³-hybridized carbons (Fsp3) is 0.0909. The van der Waals surface area contributed by atoms with Crippen LogP contribution < -0.4 is 5.32 Å². The van der Waals surface area contributed by atoms with Crippen LogP contribution in [0.3, 0.4) is 0 Å². The van der Waals surface area contributed by atoms with Crippen molar-refractivity contribution >= 4 is 33.6 Å². The summed E-state index contributed by atoms with van der Waals surface area (Å²) in [5.74, 6) is -0.331. The van der Waals surface area contributed by atoms with Crippen LogP contribution in [-0.4, -0.2) is 9.97 Å². The molecule has 6 heteroatoms. The van der Waals surface area contributed by atoms with E-state index in [4.69, 9.17) is 4.42 Å². The van der Waals surface area contributed by atoms with Crippen molar-refractivity contribution in [3.05, 3.63) is 35.1 Å². The molecule has 0 aliphatic carbocycles. The minimum absolute atomic E-state index is 0.319. The van der Waals surface area contributed by atoms with Crippen molar-refractivity contribution in [3.63, 3.8) is 0 Å². The van der Waals surface area contributed by atoms with Gasteiger partial charge in [-0.25, -0.2) is 9.37 Å². The van der Waals surface area contributed by atoms with Gasteiger partial charge in [0.05, 0.1) is 5.69 Å². The van der Waals surface area contributed by atoms with Crippen molar-refractivity contribution in [2.75, 3.05) is 5.32 Å². The Bertz CT molecular complexity index is 676. The molecule has 0 aliphatic heterocycles.